The molecule has 0 aliphatic rings. The molecular weight excluding hydrogens is 308 g/mol. The number of likely N-dealkylation sites (N-methyl/N-ethyl adjacent to an activating group) is 2. The van der Waals surface area contributed by atoms with Crippen molar-refractivity contribution in [1.29, 1.82) is 0 Å². The minimum atomic E-state index is -0.534. The maximum atomic E-state index is 12.4. The van der Waals surface area contributed by atoms with E-state index in [9.17, 15) is 9.59 Å². The minimum absolute atomic E-state index is 0.0252. The zero-order chi connectivity index (χ0) is 18.5. The Kier molecular flexibility index (Phi) is 12.3. The summed E-state index contributed by atoms with van der Waals surface area (Å²) in [5.74, 6) is 0.197. The summed E-state index contributed by atoms with van der Waals surface area (Å²) in [7, 11) is 3.96. The van der Waals surface area contributed by atoms with Gasteiger partial charge in [0.25, 0.3) is 0 Å². The number of carbonyl (C=O) groups excluding carboxylic acids is 2. The van der Waals surface area contributed by atoms with Gasteiger partial charge in [0.05, 0.1) is 6.61 Å². The Bertz CT molecular complexity index is 358. The Morgan fingerprint density at radius 2 is 1.58 bits per heavy atom. The molecule has 1 N–H and O–H groups in total. The highest BCUT2D eigenvalue weighted by Gasteiger charge is 2.16. The van der Waals surface area contributed by atoms with Gasteiger partial charge in [-0.3, -0.25) is 4.79 Å². The number of ether oxygens (including phenoxy) is 1. The van der Waals surface area contributed by atoms with E-state index in [1.165, 1.54) is 0 Å². The van der Waals surface area contributed by atoms with Gasteiger partial charge in [-0.15, -0.1) is 0 Å². The Balaban J connectivity index is 4.41. The summed E-state index contributed by atoms with van der Waals surface area (Å²) in [5.41, 5.74) is 0. The molecule has 2 amide bonds. The first-order chi connectivity index (χ1) is 11.3. The van der Waals surface area contributed by atoms with Crippen LogP contribution in [0.25, 0.3) is 0 Å². The number of nitrogens with zero attached hydrogens (tertiary/aromatic N) is 3. The van der Waals surface area contributed by atoms with Crippen LogP contribution >= 0.6 is 0 Å². The number of hydrogen-bond acceptors (Lipinski definition) is 5. The van der Waals surface area contributed by atoms with Gasteiger partial charge in [0.15, 0.2) is 0 Å². The highest BCUT2D eigenvalue weighted by molar-refractivity contribution is 5.82. The molecule has 0 aromatic heterocycles. The monoisotopic (exact) mass is 344 g/mol. The lowest BCUT2D eigenvalue weighted by Gasteiger charge is -2.27. The third kappa shape index (κ3) is 11.2. The van der Waals surface area contributed by atoms with E-state index in [1.54, 1.807) is 4.90 Å². The van der Waals surface area contributed by atoms with Crippen LogP contribution < -0.4 is 5.32 Å². The molecule has 0 atom stereocenters. The SMILES string of the molecule is CCN(CC)CCN(CCN(C)C)C(=O)CNC(=O)OCC(C)C. The fraction of sp³-hybridized carbons (Fsp3) is 0.882. The van der Waals surface area contributed by atoms with Crippen LogP contribution in [0.15, 0.2) is 0 Å². The van der Waals surface area contributed by atoms with Crippen LogP contribution in [-0.4, -0.2) is 93.2 Å². The van der Waals surface area contributed by atoms with Crippen LogP contribution in [0.3, 0.4) is 0 Å². The fourth-order valence-electron chi connectivity index (χ4n) is 2.04. The van der Waals surface area contributed by atoms with E-state index < -0.39 is 6.09 Å². The molecule has 0 unspecified atom stereocenters. The van der Waals surface area contributed by atoms with E-state index in [1.807, 2.05) is 32.8 Å². The van der Waals surface area contributed by atoms with Gasteiger partial charge in [-0.05, 0) is 33.1 Å². The second-order valence-electron chi connectivity index (χ2n) is 6.56. The maximum absolute atomic E-state index is 12.4. The molecule has 7 nitrogen and oxygen atoms in total. The quantitative estimate of drug-likeness (QED) is 0.574. The molecule has 142 valence electrons. The first kappa shape index (κ1) is 22.7. The van der Waals surface area contributed by atoms with Crippen LogP contribution in [0.5, 0.6) is 0 Å². The average Bonchev–Trinajstić information content (AvgIpc) is 2.53. The molecule has 0 heterocycles. The van der Waals surface area contributed by atoms with E-state index in [-0.39, 0.29) is 18.4 Å². The van der Waals surface area contributed by atoms with Gasteiger partial charge in [0, 0.05) is 26.2 Å². The third-order valence-electron chi connectivity index (χ3n) is 3.68. The topological polar surface area (TPSA) is 65.1 Å². The summed E-state index contributed by atoms with van der Waals surface area (Å²) in [6, 6.07) is 0. The summed E-state index contributed by atoms with van der Waals surface area (Å²) in [5, 5.41) is 2.54. The lowest BCUT2D eigenvalue weighted by atomic mass is 10.2. The zero-order valence-corrected chi connectivity index (χ0v) is 16.3. The minimum Gasteiger partial charge on any atom is -0.449 e. The van der Waals surface area contributed by atoms with Gasteiger partial charge in [-0.1, -0.05) is 27.7 Å². The van der Waals surface area contributed by atoms with Crippen molar-refractivity contribution in [3.05, 3.63) is 0 Å². The molecule has 0 spiro atoms. The smallest absolute Gasteiger partial charge is 0.407 e. The van der Waals surface area contributed by atoms with E-state index >= 15 is 0 Å². The van der Waals surface area contributed by atoms with Crippen molar-refractivity contribution in [1.82, 2.24) is 20.0 Å². The number of amides is 2. The molecule has 0 aromatic rings. The molecule has 0 aromatic carbocycles. The van der Waals surface area contributed by atoms with E-state index in [4.69, 9.17) is 4.74 Å². The molecule has 24 heavy (non-hydrogen) atoms. The molecule has 0 radical (unpaired) electrons. The fourth-order valence-corrected chi connectivity index (χ4v) is 2.04. The summed E-state index contributed by atoms with van der Waals surface area (Å²) in [6.07, 6.45) is -0.534. The lowest BCUT2D eigenvalue weighted by molar-refractivity contribution is -0.130. The number of rotatable bonds is 12. The summed E-state index contributed by atoms with van der Waals surface area (Å²) in [4.78, 5) is 30.1. The standard InChI is InChI=1S/C17H36N4O3/c1-7-20(8-2)10-12-21(11-9-19(5)6)16(22)13-18-17(23)24-14-15(3)4/h15H,7-14H2,1-6H3,(H,18,23). The van der Waals surface area contributed by atoms with Crippen molar-refractivity contribution < 1.29 is 14.3 Å². The van der Waals surface area contributed by atoms with Gasteiger partial charge in [0.1, 0.15) is 6.54 Å². The molecule has 0 fully saturated rings. The van der Waals surface area contributed by atoms with Gasteiger partial charge < -0.3 is 24.8 Å². The maximum Gasteiger partial charge on any atom is 0.407 e. The van der Waals surface area contributed by atoms with Crippen LogP contribution in [-0.2, 0) is 9.53 Å². The van der Waals surface area contributed by atoms with Gasteiger partial charge in [-0.25, -0.2) is 4.79 Å². The van der Waals surface area contributed by atoms with E-state index in [0.717, 1.165) is 26.2 Å². The lowest BCUT2D eigenvalue weighted by Crippen LogP contribution is -2.46. The highest BCUT2D eigenvalue weighted by Crippen LogP contribution is 1.96. The Labute approximate surface area is 147 Å². The molecule has 0 rings (SSSR count). The first-order valence-corrected chi connectivity index (χ1v) is 8.85. The van der Waals surface area contributed by atoms with Gasteiger partial charge in [0.2, 0.25) is 5.91 Å². The Morgan fingerprint density at radius 3 is 2.08 bits per heavy atom. The highest BCUT2D eigenvalue weighted by atomic mass is 16.5. The first-order valence-electron chi connectivity index (χ1n) is 8.85. The predicted octanol–water partition coefficient (Wildman–Crippen LogP) is 1.10. The van der Waals surface area contributed by atoms with Crippen molar-refractivity contribution in [3.8, 4) is 0 Å². The number of alkyl carbamates (subject to hydrolysis) is 1. The Hall–Kier alpha value is -1.34. The molecule has 0 saturated carbocycles. The second-order valence-corrected chi connectivity index (χ2v) is 6.56. The molecule has 0 aliphatic heterocycles. The summed E-state index contributed by atoms with van der Waals surface area (Å²) < 4.78 is 5.03. The Morgan fingerprint density at radius 1 is 1.00 bits per heavy atom. The third-order valence-corrected chi connectivity index (χ3v) is 3.68. The summed E-state index contributed by atoms with van der Waals surface area (Å²) in [6.45, 7) is 13.4. The number of carbonyl (C=O) groups is 2. The normalized spacial score (nSPS) is 11.2. The number of hydrogen-bond donors (Lipinski definition) is 1. The van der Waals surface area contributed by atoms with Crippen molar-refractivity contribution >= 4 is 12.0 Å². The van der Waals surface area contributed by atoms with E-state index in [2.05, 4.69) is 24.1 Å². The molecule has 0 aliphatic carbocycles. The average molecular weight is 345 g/mol. The second kappa shape index (κ2) is 13.0. The van der Waals surface area contributed by atoms with Crippen molar-refractivity contribution in [2.75, 3.05) is 66.5 Å². The van der Waals surface area contributed by atoms with Crippen LogP contribution in [0.4, 0.5) is 4.79 Å². The zero-order valence-electron chi connectivity index (χ0n) is 16.3. The van der Waals surface area contributed by atoms with Crippen molar-refractivity contribution in [2.24, 2.45) is 5.92 Å². The van der Waals surface area contributed by atoms with Crippen LogP contribution in [0.2, 0.25) is 0 Å². The van der Waals surface area contributed by atoms with E-state index in [0.29, 0.717) is 19.7 Å². The van der Waals surface area contributed by atoms with Gasteiger partial charge >= 0.3 is 6.09 Å². The van der Waals surface area contributed by atoms with Crippen LogP contribution in [0, 0.1) is 5.92 Å². The largest absolute Gasteiger partial charge is 0.449 e. The molecule has 7 heteroatoms. The number of nitrogens with one attached hydrogen (secondary N) is 1. The molecule has 0 bridgehead atoms. The molecular formula is C17H36N4O3. The summed E-state index contributed by atoms with van der Waals surface area (Å²) >= 11 is 0. The molecule has 0 saturated heterocycles. The van der Waals surface area contributed by atoms with Crippen molar-refractivity contribution in [2.45, 2.75) is 27.7 Å². The van der Waals surface area contributed by atoms with Crippen molar-refractivity contribution in [3.63, 3.8) is 0 Å². The van der Waals surface area contributed by atoms with Gasteiger partial charge in [-0.2, -0.15) is 0 Å². The van der Waals surface area contributed by atoms with Crippen LogP contribution in [0.1, 0.15) is 27.7 Å². The predicted molar refractivity (Wildman–Crippen MR) is 97.1 cm³/mol.